The lowest BCUT2D eigenvalue weighted by Gasteiger charge is -2.08. The van der Waals surface area contributed by atoms with Crippen molar-refractivity contribution in [2.75, 3.05) is 0 Å². The van der Waals surface area contributed by atoms with Crippen LogP contribution in [-0.2, 0) is 22.1 Å². The Morgan fingerprint density at radius 2 is 2.05 bits per heavy atom. The van der Waals surface area contributed by atoms with Crippen LogP contribution in [0.4, 0.5) is 0 Å². The highest BCUT2D eigenvalue weighted by atomic mass is 35.7. The summed E-state index contributed by atoms with van der Waals surface area (Å²) in [6.07, 6.45) is 4.07. The van der Waals surface area contributed by atoms with Gasteiger partial charge in [0, 0.05) is 29.6 Å². The minimum atomic E-state index is -4.22. The zero-order valence-corrected chi connectivity index (χ0v) is 12.0. The molecule has 20 heavy (non-hydrogen) atoms. The molecule has 0 spiro atoms. The number of nitrogens with zero attached hydrogens (tertiary/aromatic N) is 3. The van der Waals surface area contributed by atoms with Gasteiger partial charge < -0.3 is 4.57 Å². The molecule has 1 N–H and O–H groups in total. The average molecular weight is 319 g/mol. The molecule has 2 heterocycles. The van der Waals surface area contributed by atoms with Crippen LogP contribution >= 0.6 is 10.7 Å². The van der Waals surface area contributed by atoms with Crippen LogP contribution in [0.2, 0.25) is 0 Å². The van der Waals surface area contributed by atoms with Crippen molar-refractivity contribution in [3.63, 3.8) is 0 Å². The molecule has 10 heteroatoms. The summed E-state index contributed by atoms with van der Waals surface area (Å²) in [5, 5.41) is 0. The van der Waals surface area contributed by atoms with E-state index in [1.54, 1.807) is 17.1 Å². The van der Waals surface area contributed by atoms with Crippen LogP contribution in [0.25, 0.3) is 0 Å². The van der Waals surface area contributed by atoms with E-state index in [0.29, 0.717) is 12.2 Å². The van der Waals surface area contributed by atoms with Gasteiger partial charge in [0.15, 0.2) is 4.90 Å². The van der Waals surface area contributed by atoms with E-state index in [4.69, 9.17) is 10.7 Å². The fourth-order valence-corrected chi connectivity index (χ4v) is 2.57. The van der Waals surface area contributed by atoms with E-state index in [1.807, 2.05) is 11.9 Å². The minimum absolute atomic E-state index is 0.0723. The first kappa shape index (κ1) is 14.5. The molecule has 0 atom stereocenters. The number of hydrogen-bond donors (Lipinski definition) is 1. The number of aromatic nitrogens is 4. The van der Waals surface area contributed by atoms with E-state index in [-0.39, 0.29) is 6.54 Å². The summed E-state index contributed by atoms with van der Waals surface area (Å²) >= 11 is 0. The summed E-state index contributed by atoms with van der Waals surface area (Å²) in [5.74, 6) is 0. The van der Waals surface area contributed by atoms with Crippen LogP contribution in [0.5, 0.6) is 0 Å². The van der Waals surface area contributed by atoms with Crippen LogP contribution in [0.3, 0.4) is 0 Å². The van der Waals surface area contributed by atoms with Gasteiger partial charge in [-0.3, -0.25) is 14.3 Å². The number of rotatable bonds is 4. The Bertz CT molecular complexity index is 849. The molecule has 0 saturated carbocycles. The fourth-order valence-electron chi connectivity index (χ4n) is 1.72. The van der Waals surface area contributed by atoms with Crippen molar-refractivity contribution < 1.29 is 8.42 Å². The van der Waals surface area contributed by atoms with Crippen LogP contribution in [0.1, 0.15) is 12.6 Å². The Balaban J connectivity index is 2.53. The van der Waals surface area contributed by atoms with Crippen LogP contribution in [0, 0.1) is 0 Å². The maximum atomic E-state index is 11.7. The third-order valence-corrected chi connectivity index (χ3v) is 4.03. The van der Waals surface area contributed by atoms with Gasteiger partial charge >= 0.3 is 5.69 Å². The van der Waals surface area contributed by atoms with Gasteiger partial charge in [0.05, 0.1) is 18.6 Å². The molecule has 108 valence electrons. The Morgan fingerprint density at radius 1 is 1.35 bits per heavy atom. The van der Waals surface area contributed by atoms with Gasteiger partial charge in [-0.05, 0) is 6.92 Å². The molecule has 2 rings (SSSR count). The van der Waals surface area contributed by atoms with Gasteiger partial charge in [0.25, 0.3) is 14.6 Å². The van der Waals surface area contributed by atoms with E-state index in [1.165, 1.54) is 0 Å². The number of halogens is 1. The van der Waals surface area contributed by atoms with Gasteiger partial charge in [-0.25, -0.2) is 18.2 Å². The molecule has 0 unspecified atom stereocenters. The van der Waals surface area contributed by atoms with Crippen LogP contribution in [0.15, 0.2) is 33.2 Å². The maximum absolute atomic E-state index is 11.7. The number of nitrogens with one attached hydrogen (secondary N) is 1. The summed E-state index contributed by atoms with van der Waals surface area (Å²) < 4.78 is 25.4. The van der Waals surface area contributed by atoms with Gasteiger partial charge in [0.1, 0.15) is 0 Å². The molecule has 8 nitrogen and oxygen atoms in total. The second-order valence-electron chi connectivity index (χ2n) is 3.99. The summed E-state index contributed by atoms with van der Waals surface area (Å²) in [7, 11) is 0.927. The smallest absolute Gasteiger partial charge is 0.328 e. The molecule has 0 aliphatic carbocycles. The maximum Gasteiger partial charge on any atom is 0.328 e. The highest BCUT2D eigenvalue weighted by molar-refractivity contribution is 8.13. The van der Waals surface area contributed by atoms with Crippen molar-refractivity contribution in [3.05, 3.63) is 45.3 Å². The minimum Gasteiger partial charge on any atom is -0.333 e. The van der Waals surface area contributed by atoms with E-state index in [2.05, 4.69) is 4.98 Å². The van der Waals surface area contributed by atoms with Gasteiger partial charge in [-0.2, -0.15) is 0 Å². The molecule has 0 bridgehead atoms. The standard InChI is InChI=1S/C10H11ClN4O4S/c1-2-14-6-12-3-7(14)4-15-5-8(20(11,18)19)9(16)13-10(15)17/h3,5-6H,2,4H2,1H3,(H,13,16,17). The molecule has 0 radical (unpaired) electrons. The zero-order chi connectivity index (χ0) is 14.9. The predicted octanol–water partition coefficient (Wildman–Crippen LogP) is -0.271. The molecule has 0 aliphatic heterocycles. The van der Waals surface area contributed by atoms with E-state index in [9.17, 15) is 18.0 Å². The van der Waals surface area contributed by atoms with Gasteiger partial charge in [-0.15, -0.1) is 0 Å². The first-order valence-electron chi connectivity index (χ1n) is 5.60. The number of hydrogen-bond acceptors (Lipinski definition) is 5. The summed E-state index contributed by atoms with van der Waals surface area (Å²) in [4.78, 5) is 28.3. The second-order valence-corrected chi connectivity index (χ2v) is 6.52. The molecule has 0 amide bonds. The van der Waals surface area contributed by atoms with Gasteiger partial charge in [0.2, 0.25) is 0 Å². The number of aromatic amines is 1. The third kappa shape index (κ3) is 2.83. The first-order valence-corrected chi connectivity index (χ1v) is 7.91. The van der Waals surface area contributed by atoms with Crippen molar-refractivity contribution in [1.82, 2.24) is 19.1 Å². The van der Waals surface area contributed by atoms with Crippen molar-refractivity contribution >= 4 is 19.7 Å². The Labute approximate surface area is 118 Å². The summed E-state index contributed by atoms with van der Waals surface area (Å²) in [5.41, 5.74) is -1.06. The zero-order valence-electron chi connectivity index (χ0n) is 10.4. The van der Waals surface area contributed by atoms with Gasteiger partial charge in [-0.1, -0.05) is 0 Å². The van der Waals surface area contributed by atoms with E-state index < -0.39 is 25.2 Å². The SMILES string of the molecule is CCn1cncc1Cn1cc(S(=O)(=O)Cl)c(=O)[nH]c1=O. The Morgan fingerprint density at radius 3 is 2.65 bits per heavy atom. The van der Waals surface area contributed by atoms with Crippen molar-refractivity contribution in [1.29, 1.82) is 0 Å². The molecule has 0 fully saturated rings. The average Bonchev–Trinajstić information content (AvgIpc) is 2.78. The number of H-pyrrole nitrogens is 1. The van der Waals surface area contributed by atoms with Crippen LogP contribution < -0.4 is 11.2 Å². The lowest BCUT2D eigenvalue weighted by atomic mass is 10.4. The second kappa shape index (κ2) is 5.25. The largest absolute Gasteiger partial charge is 0.333 e. The highest BCUT2D eigenvalue weighted by Gasteiger charge is 2.17. The lowest BCUT2D eigenvalue weighted by molar-refractivity contribution is 0.599. The highest BCUT2D eigenvalue weighted by Crippen LogP contribution is 2.08. The molecular weight excluding hydrogens is 308 g/mol. The molecule has 2 aromatic rings. The van der Waals surface area contributed by atoms with E-state index in [0.717, 1.165) is 10.8 Å². The number of aryl methyl sites for hydroxylation is 1. The molecule has 0 aliphatic rings. The number of imidazole rings is 1. The monoisotopic (exact) mass is 318 g/mol. The molecular formula is C10H11ClN4O4S. The Kier molecular flexibility index (Phi) is 3.82. The van der Waals surface area contributed by atoms with Crippen LogP contribution in [-0.4, -0.2) is 27.5 Å². The normalized spacial score (nSPS) is 11.7. The quantitative estimate of drug-likeness (QED) is 0.781. The van der Waals surface area contributed by atoms with Crippen molar-refractivity contribution in [3.8, 4) is 0 Å². The predicted molar refractivity (Wildman–Crippen MR) is 71.4 cm³/mol. The molecule has 0 aromatic carbocycles. The summed E-state index contributed by atoms with van der Waals surface area (Å²) in [6, 6.07) is 0. The first-order chi connectivity index (χ1) is 9.32. The fraction of sp³-hybridized carbons (Fsp3) is 0.300. The Hall–Kier alpha value is -1.87. The molecule has 0 saturated heterocycles. The summed E-state index contributed by atoms with van der Waals surface area (Å²) in [6.45, 7) is 2.62. The molecule has 2 aromatic heterocycles. The van der Waals surface area contributed by atoms with Crippen molar-refractivity contribution in [2.24, 2.45) is 0 Å². The third-order valence-electron chi connectivity index (χ3n) is 2.71. The van der Waals surface area contributed by atoms with E-state index >= 15 is 0 Å². The lowest BCUT2D eigenvalue weighted by Crippen LogP contribution is -2.32. The van der Waals surface area contributed by atoms with Crippen molar-refractivity contribution in [2.45, 2.75) is 24.9 Å². The topological polar surface area (TPSA) is 107 Å².